The lowest BCUT2D eigenvalue weighted by atomic mass is 10.0. The highest BCUT2D eigenvalue weighted by atomic mass is 19.4. The first-order valence-corrected chi connectivity index (χ1v) is 7.14. The molecule has 0 fully saturated rings. The van der Waals surface area contributed by atoms with E-state index in [9.17, 15) is 17.6 Å². The normalized spacial score (nSPS) is 11.3. The SMILES string of the molecule is Fc1cccc(-c2ccc(C(F)(F)F)cc2)c1Oc1ccccc1. The summed E-state index contributed by atoms with van der Waals surface area (Å²) in [6, 6.07) is 17.5. The van der Waals surface area contributed by atoms with Crippen LogP contribution in [-0.4, -0.2) is 0 Å². The third-order valence-electron chi connectivity index (χ3n) is 3.45. The molecule has 0 saturated carbocycles. The predicted molar refractivity (Wildman–Crippen MR) is 83.4 cm³/mol. The summed E-state index contributed by atoms with van der Waals surface area (Å²) in [4.78, 5) is 0. The Kier molecular flexibility index (Phi) is 4.25. The molecule has 0 N–H and O–H groups in total. The van der Waals surface area contributed by atoms with Gasteiger partial charge in [0.25, 0.3) is 0 Å². The molecule has 24 heavy (non-hydrogen) atoms. The Labute approximate surface area is 136 Å². The van der Waals surface area contributed by atoms with Crippen LogP contribution in [0.15, 0.2) is 72.8 Å². The van der Waals surface area contributed by atoms with Gasteiger partial charge in [-0.15, -0.1) is 0 Å². The highest BCUT2D eigenvalue weighted by Gasteiger charge is 2.30. The van der Waals surface area contributed by atoms with Crippen LogP contribution in [0.25, 0.3) is 11.1 Å². The summed E-state index contributed by atoms with van der Waals surface area (Å²) in [5.41, 5.74) is 0.0641. The molecule has 5 heteroatoms. The molecule has 0 aliphatic rings. The lowest BCUT2D eigenvalue weighted by molar-refractivity contribution is -0.137. The van der Waals surface area contributed by atoms with E-state index in [0.717, 1.165) is 12.1 Å². The summed E-state index contributed by atoms with van der Waals surface area (Å²) < 4.78 is 57.8. The van der Waals surface area contributed by atoms with E-state index in [1.807, 2.05) is 0 Å². The average molecular weight is 332 g/mol. The van der Waals surface area contributed by atoms with Crippen LogP contribution in [0.3, 0.4) is 0 Å². The van der Waals surface area contributed by atoms with Gasteiger partial charge in [-0.05, 0) is 35.9 Å². The molecule has 0 aliphatic carbocycles. The van der Waals surface area contributed by atoms with Crippen LogP contribution in [0, 0.1) is 5.82 Å². The van der Waals surface area contributed by atoms with Crippen LogP contribution in [0.4, 0.5) is 17.6 Å². The highest BCUT2D eigenvalue weighted by Crippen LogP contribution is 2.37. The third kappa shape index (κ3) is 3.40. The van der Waals surface area contributed by atoms with E-state index in [4.69, 9.17) is 4.74 Å². The Morgan fingerprint density at radius 2 is 1.38 bits per heavy atom. The number of para-hydroxylation sites is 2. The molecule has 0 radical (unpaired) electrons. The molecule has 0 bridgehead atoms. The minimum absolute atomic E-state index is 0.0246. The van der Waals surface area contributed by atoms with Gasteiger partial charge in [0.2, 0.25) is 0 Å². The quantitative estimate of drug-likeness (QED) is 0.511. The molecule has 0 unspecified atom stereocenters. The van der Waals surface area contributed by atoms with E-state index in [1.165, 1.54) is 24.3 Å². The molecule has 1 nitrogen and oxygen atoms in total. The maximum atomic E-state index is 14.2. The number of hydrogen-bond acceptors (Lipinski definition) is 1. The molecule has 0 aliphatic heterocycles. The van der Waals surface area contributed by atoms with Crippen molar-refractivity contribution in [3.63, 3.8) is 0 Å². The van der Waals surface area contributed by atoms with Crippen LogP contribution in [-0.2, 0) is 6.18 Å². The molecule has 0 saturated heterocycles. The molecular weight excluding hydrogens is 320 g/mol. The van der Waals surface area contributed by atoms with E-state index in [0.29, 0.717) is 16.9 Å². The fraction of sp³-hybridized carbons (Fsp3) is 0.0526. The van der Waals surface area contributed by atoms with Crippen LogP contribution in [0.5, 0.6) is 11.5 Å². The number of ether oxygens (including phenoxy) is 1. The molecule has 0 atom stereocenters. The van der Waals surface area contributed by atoms with Crippen LogP contribution in [0.1, 0.15) is 5.56 Å². The molecule has 3 rings (SSSR count). The van der Waals surface area contributed by atoms with Gasteiger partial charge in [0.1, 0.15) is 5.75 Å². The fourth-order valence-corrected chi connectivity index (χ4v) is 2.29. The average Bonchev–Trinajstić information content (AvgIpc) is 2.57. The van der Waals surface area contributed by atoms with Crippen molar-refractivity contribution in [2.75, 3.05) is 0 Å². The van der Waals surface area contributed by atoms with Gasteiger partial charge in [0.15, 0.2) is 11.6 Å². The van der Waals surface area contributed by atoms with Crippen LogP contribution >= 0.6 is 0 Å². The molecule has 0 aromatic heterocycles. The molecule has 0 spiro atoms. The molecule has 0 heterocycles. The van der Waals surface area contributed by atoms with Gasteiger partial charge >= 0.3 is 6.18 Å². The first-order valence-electron chi connectivity index (χ1n) is 7.14. The van der Waals surface area contributed by atoms with Gasteiger partial charge in [-0.1, -0.05) is 42.5 Å². The summed E-state index contributed by atoms with van der Waals surface area (Å²) in [7, 11) is 0. The maximum Gasteiger partial charge on any atom is 0.416 e. The van der Waals surface area contributed by atoms with Gasteiger partial charge in [-0.25, -0.2) is 4.39 Å². The van der Waals surface area contributed by atoms with Gasteiger partial charge < -0.3 is 4.74 Å². The zero-order valence-electron chi connectivity index (χ0n) is 12.3. The smallest absolute Gasteiger partial charge is 0.416 e. The van der Waals surface area contributed by atoms with E-state index in [1.54, 1.807) is 36.4 Å². The minimum atomic E-state index is -4.41. The molecule has 3 aromatic carbocycles. The number of halogens is 4. The van der Waals surface area contributed by atoms with Crippen molar-refractivity contribution >= 4 is 0 Å². The van der Waals surface area contributed by atoms with Crippen molar-refractivity contribution in [1.82, 2.24) is 0 Å². The van der Waals surface area contributed by atoms with Gasteiger partial charge in [0, 0.05) is 5.56 Å². The van der Waals surface area contributed by atoms with Crippen molar-refractivity contribution in [3.05, 3.63) is 84.2 Å². The Balaban J connectivity index is 2.01. The van der Waals surface area contributed by atoms with Crippen LogP contribution < -0.4 is 4.74 Å². The van der Waals surface area contributed by atoms with E-state index in [-0.39, 0.29) is 5.75 Å². The molecule has 3 aromatic rings. The summed E-state index contributed by atoms with van der Waals surface area (Å²) in [5, 5.41) is 0. The second kappa shape index (κ2) is 6.35. The topological polar surface area (TPSA) is 9.23 Å². The largest absolute Gasteiger partial charge is 0.454 e. The lowest BCUT2D eigenvalue weighted by Gasteiger charge is -2.13. The van der Waals surface area contributed by atoms with E-state index < -0.39 is 17.6 Å². The maximum absolute atomic E-state index is 14.2. The standard InChI is InChI=1S/C19H12F4O/c20-17-8-4-7-16(18(17)24-15-5-2-1-3-6-15)13-9-11-14(12-10-13)19(21,22)23/h1-12H. The Hall–Kier alpha value is -2.82. The van der Waals surface area contributed by atoms with E-state index in [2.05, 4.69) is 0 Å². The third-order valence-corrected chi connectivity index (χ3v) is 3.45. The summed E-state index contributed by atoms with van der Waals surface area (Å²) in [6.45, 7) is 0. The van der Waals surface area contributed by atoms with Crippen molar-refractivity contribution in [2.45, 2.75) is 6.18 Å². The Bertz CT molecular complexity index is 824. The Morgan fingerprint density at radius 3 is 2.00 bits per heavy atom. The number of alkyl halides is 3. The lowest BCUT2D eigenvalue weighted by Crippen LogP contribution is -2.04. The first kappa shape index (κ1) is 16.1. The van der Waals surface area contributed by atoms with Crippen molar-refractivity contribution in [1.29, 1.82) is 0 Å². The number of benzene rings is 3. The van der Waals surface area contributed by atoms with Gasteiger partial charge in [0.05, 0.1) is 5.56 Å². The first-order chi connectivity index (χ1) is 11.4. The monoisotopic (exact) mass is 332 g/mol. The summed E-state index contributed by atoms with van der Waals surface area (Å²) >= 11 is 0. The van der Waals surface area contributed by atoms with Gasteiger partial charge in [-0.2, -0.15) is 13.2 Å². The second-order valence-corrected chi connectivity index (χ2v) is 5.11. The van der Waals surface area contributed by atoms with Crippen molar-refractivity contribution in [3.8, 4) is 22.6 Å². The molecule has 0 amide bonds. The van der Waals surface area contributed by atoms with E-state index >= 15 is 0 Å². The Morgan fingerprint density at radius 1 is 0.708 bits per heavy atom. The second-order valence-electron chi connectivity index (χ2n) is 5.11. The summed E-state index contributed by atoms with van der Waals surface area (Å²) in [5.74, 6) is -0.171. The summed E-state index contributed by atoms with van der Waals surface area (Å²) in [6.07, 6.45) is -4.41. The number of hydrogen-bond donors (Lipinski definition) is 0. The number of rotatable bonds is 3. The molecular formula is C19H12F4O. The zero-order valence-corrected chi connectivity index (χ0v) is 12.3. The van der Waals surface area contributed by atoms with Crippen molar-refractivity contribution in [2.24, 2.45) is 0 Å². The van der Waals surface area contributed by atoms with Gasteiger partial charge in [-0.3, -0.25) is 0 Å². The zero-order chi connectivity index (χ0) is 17.2. The highest BCUT2D eigenvalue weighted by molar-refractivity contribution is 5.71. The minimum Gasteiger partial charge on any atom is -0.454 e. The molecule has 122 valence electrons. The predicted octanol–water partition coefficient (Wildman–Crippen LogP) is 6.30. The van der Waals surface area contributed by atoms with Crippen LogP contribution in [0.2, 0.25) is 0 Å². The fourth-order valence-electron chi connectivity index (χ4n) is 2.29. The van der Waals surface area contributed by atoms with Crippen molar-refractivity contribution < 1.29 is 22.3 Å².